The van der Waals surface area contributed by atoms with Gasteiger partial charge in [-0.2, -0.15) is 5.10 Å². The first-order valence-electron chi connectivity index (χ1n) is 10.1. The molecule has 3 rings (SSSR count). The Kier molecular flexibility index (Phi) is 7.37. The van der Waals surface area contributed by atoms with Gasteiger partial charge in [0.15, 0.2) is 0 Å². The second-order valence-electron chi connectivity index (χ2n) is 7.44. The fourth-order valence-corrected chi connectivity index (χ4v) is 3.56. The number of benzene rings is 1. The molecule has 1 fully saturated rings. The molecule has 2 aromatic rings. The van der Waals surface area contributed by atoms with E-state index in [1.54, 1.807) is 42.2 Å². The number of hydrogen-bond donors (Lipinski definition) is 3. The van der Waals surface area contributed by atoms with Crippen molar-refractivity contribution < 1.29 is 9.59 Å². The first kappa shape index (κ1) is 21.0. The second-order valence-corrected chi connectivity index (χ2v) is 7.44. The van der Waals surface area contributed by atoms with E-state index in [4.69, 9.17) is 0 Å². The van der Waals surface area contributed by atoms with Crippen LogP contribution in [0.4, 0.5) is 11.4 Å². The molecule has 2 heterocycles. The molecule has 8 nitrogen and oxygen atoms in total. The van der Waals surface area contributed by atoms with Crippen molar-refractivity contribution in [1.82, 2.24) is 20.0 Å². The summed E-state index contributed by atoms with van der Waals surface area (Å²) in [5.74, 6) is -0.155. The van der Waals surface area contributed by atoms with Crippen molar-refractivity contribution >= 4 is 23.2 Å². The Morgan fingerprint density at radius 2 is 1.72 bits per heavy atom. The van der Waals surface area contributed by atoms with Crippen molar-refractivity contribution in [1.29, 1.82) is 0 Å². The highest BCUT2D eigenvalue weighted by Gasteiger charge is 2.20. The van der Waals surface area contributed by atoms with E-state index < -0.39 is 6.04 Å². The number of carbonyl (C=O) groups excluding carboxylic acids is 2. The van der Waals surface area contributed by atoms with Gasteiger partial charge in [-0.05, 0) is 57.2 Å². The van der Waals surface area contributed by atoms with Crippen LogP contribution < -0.4 is 16.0 Å². The van der Waals surface area contributed by atoms with Crippen molar-refractivity contribution in [2.45, 2.75) is 31.7 Å². The molecule has 1 aromatic heterocycles. The maximum absolute atomic E-state index is 12.6. The van der Waals surface area contributed by atoms with Gasteiger partial charge in [0, 0.05) is 43.1 Å². The molecule has 2 amide bonds. The molecule has 0 bridgehead atoms. The van der Waals surface area contributed by atoms with Gasteiger partial charge in [0.05, 0.1) is 6.20 Å². The van der Waals surface area contributed by atoms with Gasteiger partial charge >= 0.3 is 0 Å². The van der Waals surface area contributed by atoms with Gasteiger partial charge in [0.1, 0.15) is 6.04 Å². The Balaban J connectivity index is 1.48. The first-order chi connectivity index (χ1) is 14.0. The fourth-order valence-electron chi connectivity index (χ4n) is 3.56. The fraction of sp³-hybridized carbons (Fsp3) is 0.476. The Morgan fingerprint density at radius 1 is 1.07 bits per heavy atom. The van der Waals surface area contributed by atoms with Gasteiger partial charge in [0.2, 0.25) is 11.8 Å². The number of likely N-dealkylation sites (tertiary alicyclic amines) is 1. The maximum Gasteiger partial charge on any atom is 0.246 e. The SMILES string of the molecule is CNC(C(=O)Nc1ccc(NC(=O)CCN2CCCCC2)cc1)c1cnn(C)c1. The third-order valence-electron chi connectivity index (χ3n) is 5.15. The van der Waals surface area contributed by atoms with Gasteiger partial charge in [-0.3, -0.25) is 14.3 Å². The summed E-state index contributed by atoms with van der Waals surface area (Å²) in [6, 6.07) is 6.68. The number of amides is 2. The Bertz CT molecular complexity index is 811. The van der Waals surface area contributed by atoms with Crippen LogP contribution in [0.25, 0.3) is 0 Å². The minimum Gasteiger partial charge on any atom is -0.326 e. The average Bonchev–Trinajstić information content (AvgIpc) is 3.15. The number of carbonyl (C=O) groups is 2. The summed E-state index contributed by atoms with van der Waals surface area (Å²) in [5.41, 5.74) is 2.19. The second kappa shape index (κ2) is 10.2. The summed E-state index contributed by atoms with van der Waals surface area (Å²) in [6.07, 6.45) is 7.72. The monoisotopic (exact) mass is 398 g/mol. The van der Waals surface area contributed by atoms with E-state index in [9.17, 15) is 9.59 Å². The topological polar surface area (TPSA) is 91.3 Å². The third-order valence-corrected chi connectivity index (χ3v) is 5.15. The molecule has 156 valence electrons. The summed E-state index contributed by atoms with van der Waals surface area (Å²) in [6.45, 7) is 2.99. The molecule has 0 saturated carbocycles. The summed E-state index contributed by atoms with van der Waals surface area (Å²) in [7, 11) is 3.55. The number of likely N-dealkylation sites (N-methyl/N-ethyl adjacent to an activating group) is 1. The minimum absolute atomic E-state index is 0.0131. The zero-order chi connectivity index (χ0) is 20.6. The summed E-state index contributed by atoms with van der Waals surface area (Å²) < 4.78 is 1.66. The average molecular weight is 399 g/mol. The molecule has 0 aliphatic carbocycles. The quantitative estimate of drug-likeness (QED) is 0.634. The zero-order valence-corrected chi connectivity index (χ0v) is 17.1. The number of aromatic nitrogens is 2. The van der Waals surface area contributed by atoms with Crippen LogP contribution >= 0.6 is 0 Å². The van der Waals surface area contributed by atoms with Crippen molar-refractivity contribution in [2.24, 2.45) is 7.05 Å². The molecule has 1 aromatic carbocycles. The smallest absolute Gasteiger partial charge is 0.246 e. The molecule has 1 aliphatic heterocycles. The number of hydrogen-bond acceptors (Lipinski definition) is 5. The number of anilines is 2. The normalized spacial score (nSPS) is 15.7. The van der Waals surface area contributed by atoms with Gasteiger partial charge < -0.3 is 20.9 Å². The first-order valence-corrected chi connectivity index (χ1v) is 10.1. The lowest BCUT2D eigenvalue weighted by Gasteiger charge is -2.25. The van der Waals surface area contributed by atoms with E-state index in [1.165, 1.54) is 19.3 Å². The molecule has 0 spiro atoms. The van der Waals surface area contributed by atoms with Gasteiger partial charge in [-0.15, -0.1) is 0 Å². The van der Waals surface area contributed by atoms with E-state index in [0.717, 1.165) is 30.9 Å². The van der Waals surface area contributed by atoms with Gasteiger partial charge in [-0.1, -0.05) is 6.42 Å². The molecular formula is C21H30N6O2. The highest BCUT2D eigenvalue weighted by Crippen LogP contribution is 2.18. The molecule has 8 heteroatoms. The molecule has 29 heavy (non-hydrogen) atoms. The van der Waals surface area contributed by atoms with Crippen LogP contribution in [0, 0.1) is 0 Å². The zero-order valence-electron chi connectivity index (χ0n) is 17.1. The Labute approximate surface area is 171 Å². The van der Waals surface area contributed by atoms with Crippen LogP contribution in [-0.2, 0) is 16.6 Å². The highest BCUT2D eigenvalue weighted by atomic mass is 16.2. The van der Waals surface area contributed by atoms with Gasteiger partial charge in [-0.25, -0.2) is 0 Å². The van der Waals surface area contributed by atoms with Crippen LogP contribution in [0.1, 0.15) is 37.3 Å². The molecule has 1 saturated heterocycles. The van der Waals surface area contributed by atoms with Crippen LogP contribution in [-0.4, -0.2) is 53.2 Å². The van der Waals surface area contributed by atoms with Crippen LogP contribution in [0.3, 0.4) is 0 Å². The van der Waals surface area contributed by atoms with E-state index in [2.05, 4.69) is 25.9 Å². The van der Waals surface area contributed by atoms with Crippen LogP contribution in [0.5, 0.6) is 0 Å². The highest BCUT2D eigenvalue weighted by molar-refractivity contribution is 5.96. The lowest BCUT2D eigenvalue weighted by Crippen LogP contribution is -2.32. The van der Waals surface area contributed by atoms with E-state index in [1.807, 2.05) is 13.2 Å². The maximum atomic E-state index is 12.6. The van der Waals surface area contributed by atoms with Crippen molar-refractivity contribution in [3.05, 3.63) is 42.2 Å². The van der Waals surface area contributed by atoms with Crippen LogP contribution in [0.15, 0.2) is 36.7 Å². The molecular weight excluding hydrogens is 368 g/mol. The molecule has 3 N–H and O–H groups in total. The number of rotatable bonds is 8. The lowest BCUT2D eigenvalue weighted by molar-refractivity contribution is -0.118. The third kappa shape index (κ3) is 6.13. The predicted octanol–water partition coefficient (Wildman–Crippen LogP) is 2.13. The number of nitrogens with one attached hydrogen (secondary N) is 3. The summed E-state index contributed by atoms with van der Waals surface area (Å²) >= 11 is 0. The van der Waals surface area contributed by atoms with E-state index in [-0.39, 0.29) is 11.8 Å². The molecule has 1 atom stereocenters. The van der Waals surface area contributed by atoms with Crippen molar-refractivity contribution in [3.8, 4) is 0 Å². The number of piperidine rings is 1. The Morgan fingerprint density at radius 3 is 2.31 bits per heavy atom. The van der Waals surface area contributed by atoms with Crippen LogP contribution in [0.2, 0.25) is 0 Å². The summed E-state index contributed by atoms with van der Waals surface area (Å²) in [5, 5.41) is 12.9. The van der Waals surface area contributed by atoms with E-state index in [0.29, 0.717) is 12.1 Å². The molecule has 1 aliphatic rings. The lowest BCUT2D eigenvalue weighted by atomic mass is 10.1. The van der Waals surface area contributed by atoms with Gasteiger partial charge in [0.25, 0.3) is 0 Å². The summed E-state index contributed by atoms with van der Waals surface area (Å²) in [4.78, 5) is 27.1. The van der Waals surface area contributed by atoms with E-state index >= 15 is 0 Å². The number of nitrogens with zero attached hydrogens (tertiary/aromatic N) is 3. The predicted molar refractivity (Wildman–Crippen MR) is 114 cm³/mol. The number of aryl methyl sites for hydroxylation is 1. The standard InChI is InChI=1S/C21H30N6O2/c1-22-20(16-14-23-26(2)15-16)21(29)25-18-8-6-17(7-9-18)24-19(28)10-13-27-11-4-3-5-12-27/h6-9,14-15,20,22H,3-5,10-13H2,1-2H3,(H,24,28)(H,25,29). The largest absolute Gasteiger partial charge is 0.326 e. The molecule has 1 unspecified atom stereocenters. The Hall–Kier alpha value is -2.71. The minimum atomic E-state index is -0.488. The van der Waals surface area contributed by atoms with Crippen molar-refractivity contribution in [3.63, 3.8) is 0 Å². The molecule has 0 radical (unpaired) electrons. The van der Waals surface area contributed by atoms with Crippen molar-refractivity contribution in [2.75, 3.05) is 37.3 Å².